The van der Waals surface area contributed by atoms with Gasteiger partial charge in [-0.05, 0) is 59.1 Å². The third-order valence-corrected chi connectivity index (χ3v) is 4.68. The van der Waals surface area contributed by atoms with Gasteiger partial charge >= 0.3 is 6.03 Å². The molecule has 1 heterocycles. The summed E-state index contributed by atoms with van der Waals surface area (Å²) in [5, 5.41) is 2.59. The summed E-state index contributed by atoms with van der Waals surface area (Å²) in [5.74, 6) is 0.401. The summed E-state index contributed by atoms with van der Waals surface area (Å²) in [6.07, 6.45) is 1.66. The van der Waals surface area contributed by atoms with Crippen LogP contribution in [0.2, 0.25) is 0 Å². The van der Waals surface area contributed by atoms with Crippen LogP contribution in [0.3, 0.4) is 0 Å². The summed E-state index contributed by atoms with van der Waals surface area (Å²) in [5.41, 5.74) is 3.37. The normalized spacial score (nSPS) is 15.5. The number of likely N-dealkylation sites (N-methyl/N-ethyl adjacent to an activating group) is 1. The molecular formula is C20H19BrN2O3. The summed E-state index contributed by atoms with van der Waals surface area (Å²) in [7, 11) is 0. The highest BCUT2D eigenvalue weighted by molar-refractivity contribution is 9.10. The second-order valence-electron chi connectivity index (χ2n) is 6.00. The molecule has 0 unspecified atom stereocenters. The summed E-state index contributed by atoms with van der Waals surface area (Å²) in [4.78, 5) is 25.0. The van der Waals surface area contributed by atoms with Crippen LogP contribution < -0.4 is 10.1 Å². The van der Waals surface area contributed by atoms with Gasteiger partial charge in [-0.1, -0.05) is 35.9 Å². The quantitative estimate of drug-likeness (QED) is 0.587. The molecule has 1 aliphatic heterocycles. The zero-order valence-electron chi connectivity index (χ0n) is 14.6. The smallest absolute Gasteiger partial charge is 0.328 e. The van der Waals surface area contributed by atoms with Gasteiger partial charge in [0.25, 0.3) is 5.91 Å². The average Bonchev–Trinajstić information content (AvgIpc) is 2.88. The second kappa shape index (κ2) is 7.74. The van der Waals surface area contributed by atoms with Crippen molar-refractivity contribution >= 4 is 33.9 Å². The topological polar surface area (TPSA) is 58.6 Å². The number of benzene rings is 2. The van der Waals surface area contributed by atoms with E-state index >= 15 is 0 Å². The summed E-state index contributed by atoms with van der Waals surface area (Å²) in [6.45, 7) is 4.62. The highest BCUT2D eigenvalue weighted by Gasteiger charge is 2.31. The van der Waals surface area contributed by atoms with E-state index in [0.717, 1.165) is 15.6 Å². The molecule has 0 spiro atoms. The maximum absolute atomic E-state index is 12.1. The Hall–Kier alpha value is -2.60. The van der Waals surface area contributed by atoms with Gasteiger partial charge in [-0.25, -0.2) is 4.79 Å². The molecule has 6 heteroatoms. The molecule has 0 aliphatic carbocycles. The molecule has 5 nitrogen and oxygen atoms in total. The Balaban J connectivity index is 1.71. The van der Waals surface area contributed by atoms with Gasteiger partial charge in [0.2, 0.25) is 0 Å². The van der Waals surface area contributed by atoms with Gasteiger partial charge in [-0.15, -0.1) is 0 Å². The minimum Gasteiger partial charge on any atom is -0.488 e. The summed E-state index contributed by atoms with van der Waals surface area (Å²) in [6, 6.07) is 13.3. The van der Waals surface area contributed by atoms with Crippen molar-refractivity contribution in [2.45, 2.75) is 20.5 Å². The number of amides is 3. The fourth-order valence-corrected chi connectivity index (χ4v) is 3.11. The van der Waals surface area contributed by atoms with Crippen molar-refractivity contribution in [1.29, 1.82) is 0 Å². The van der Waals surface area contributed by atoms with Crippen LogP contribution in [-0.2, 0) is 11.4 Å². The molecule has 0 radical (unpaired) electrons. The van der Waals surface area contributed by atoms with Gasteiger partial charge in [0, 0.05) is 6.54 Å². The van der Waals surface area contributed by atoms with E-state index < -0.39 is 0 Å². The highest BCUT2D eigenvalue weighted by atomic mass is 79.9. The third kappa shape index (κ3) is 3.96. The first-order valence-corrected chi connectivity index (χ1v) is 9.09. The largest absolute Gasteiger partial charge is 0.488 e. The molecule has 0 atom stereocenters. The number of urea groups is 1. The SMILES string of the molecule is CCN1C(=O)N/C(=C/c2ccc(OCc3ccc(C)cc3)c(Br)c2)C1=O. The number of halogens is 1. The summed E-state index contributed by atoms with van der Waals surface area (Å²) >= 11 is 3.50. The molecule has 3 amide bonds. The standard InChI is InChI=1S/C20H19BrN2O3/c1-3-23-19(24)17(22-20(23)25)11-15-8-9-18(16(21)10-15)26-12-14-6-4-13(2)5-7-14/h4-11H,3,12H2,1-2H3,(H,22,25)/b17-11+. The van der Waals surface area contributed by atoms with Gasteiger partial charge in [-0.3, -0.25) is 9.69 Å². The van der Waals surface area contributed by atoms with Crippen LogP contribution in [0.5, 0.6) is 5.75 Å². The predicted octanol–water partition coefficient (Wildman–Crippen LogP) is 4.25. The highest BCUT2D eigenvalue weighted by Crippen LogP contribution is 2.28. The molecule has 134 valence electrons. The molecule has 2 aromatic rings. The lowest BCUT2D eigenvalue weighted by atomic mass is 10.1. The van der Waals surface area contributed by atoms with Gasteiger partial charge in [0.15, 0.2) is 0 Å². The predicted molar refractivity (Wildman–Crippen MR) is 104 cm³/mol. The average molecular weight is 415 g/mol. The Labute approximate surface area is 160 Å². The Morgan fingerprint density at radius 3 is 2.50 bits per heavy atom. The van der Waals surface area contributed by atoms with Gasteiger partial charge in [0.1, 0.15) is 18.1 Å². The van der Waals surface area contributed by atoms with Crippen LogP contribution in [-0.4, -0.2) is 23.4 Å². The first-order valence-electron chi connectivity index (χ1n) is 8.30. The first-order chi connectivity index (χ1) is 12.5. The van der Waals surface area contributed by atoms with E-state index in [1.54, 1.807) is 13.0 Å². The number of carbonyl (C=O) groups is 2. The number of carbonyl (C=O) groups excluding carboxylic acids is 2. The van der Waals surface area contributed by atoms with Crippen LogP contribution >= 0.6 is 15.9 Å². The Kier molecular flexibility index (Phi) is 5.42. The molecule has 26 heavy (non-hydrogen) atoms. The molecular weight excluding hydrogens is 396 g/mol. The maximum Gasteiger partial charge on any atom is 0.328 e. The van der Waals surface area contributed by atoms with Gasteiger partial charge in [0.05, 0.1) is 4.47 Å². The maximum atomic E-state index is 12.1. The zero-order valence-corrected chi connectivity index (χ0v) is 16.2. The number of imide groups is 1. The third-order valence-electron chi connectivity index (χ3n) is 4.06. The van der Waals surface area contributed by atoms with Crippen molar-refractivity contribution in [2.24, 2.45) is 0 Å². The number of nitrogens with one attached hydrogen (secondary N) is 1. The number of aryl methyl sites for hydroxylation is 1. The number of rotatable bonds is 5. The Morgan fingerprint density at radius 2 is 1.88 bits per heavy atom. The monoisotopic (exact) mass is 414 g/mol. The van der Waals surface area contributed by atoms with Gasteiger partial charge < -0.3 is 10.1 Å². The lowest BCUT2D eigenvalue weighted by Gasteiger charge is -2.09. The summed E-state index contributed by atoms with van der Waals surface area (Å²) < 4.78 is 6.63. The molecule has 1 fully saturated rings. The van der Waals surface area contributed by atoms with Crippen LogP contribution in [0.25, 0.3) is 6.08 Å². The van der Waals surface area contributed by atoms with Gasteiger partial charge in [-0.2, -0.15) is 0 Å². The first kappa shape index (κ1) is 18.2. The van der Waals surface area contributed by atoms with Crippen molar-refractivity contribution in [3.8, 4) is 5.75 Å². The van der Waals surface area contributed by atoms with E-state index in [1.807, 2.05) is 37.3 Å². The lowest BCUT2D eigenvalue weighted by molar-refractivity contribution is -0.122. The van der Waals surface area contributed by atoms with Crippen LogP contribution in [0.1, 0.15) is 23.6 Å². The van der Waals surface area contributed by atoms with Crippen molar-refractivity contribution in [2.75, 3.05) is 6.54 Å². The van der Waals surface area contributed by atoms with Crippen molar-refractivity contribution < 1.29 is 14.3 Å². The van der Waals surface area contributed by atoms with Crippen LogP contribution in [0.4, 0.5) is 4.79 Å². The van der Waals surface area contributed by atoms with E-state index in [0.29, 0.717) is 18.9 Å². The number of nitrogens with zero attached hydrogens (tertiary/aromatic N) is 1. The fraction of sp³-hybridized carbons (Fsp3) is 0.200. The molecule has 0 bridgehead atoms. The van der Waals surface area contributed by atoms with Crippen LogP contribution in [0, 0.1) is 6.92 Å². The molecule has 1 aliphatic rings. The Morgan fingerprint density at radius 1 is 1.15 bits per heavy atom. The zero-order chi connectivity index (χ0) is 18.7. The molecule has 1 N–H and O–H groups in total. The molecule has 0 saturated carbocycles. The molecule has 1 saturated heterocycles. The second-order valence-corrected chi connectivity index (χ2v) is 6.86. The minimum absolute atomic E-state index is 0.275. The molecule has 0 aromatic heterocycles. The van der Waals surface area contributed by atoms with Crippen molar-refractivity contribution in [3.63, 3.8) is 0 Å². The fourth-order valence-electron chi connectivity index (χ4n) is 2.59. The van der Waals surface area contributed by atoms with E-state index in [-0.39, 0.29) is 17.6 Å². The molecule has 2 aromatic carbocycles. The number of hydrogen-bond donors (Lipinski definition) is 1. The number of ether oxygens (including phenoxy) is 1. The van der Waals surface area contributed by atoms with E-state index in [9.17, 15) is 9.59 Å². The minimum atomic E-state index is -0.388. The van der Waals surface area contributed by atoms with Crippen molar-refractivity contribution in [3.05, 3.63) is 69.3 Å². The van der Waals surface area contributed by atoms with E-state index in [2.05, 4.69) is 33.4 Å². The Bertz CT molecular complexity index is 875. The lowest BCUT2D eigenvalue weighted by Crippen LogP contribution is -2.30. The van der Waals surface area contributed by atoms with E-state index in [1.165, 1.54) is 10.5 Å². The molecule has 3 rings (SSSR count). The van der Waals surface area contributed by atoms with E-state index in [4.69, 9.17) is 4.74 Å². The van der Waals surface area contributed by atoms with Crippen molar-refractivity contribution in [1.82, 2.24) is 10.2 Å². The van der Waals surface area contributed by atoms with Crippen LogP contribution in [0.15, 0.2) is 52.6 Å². The number of hydrogen-bond acceptors (Lipinski definition) is 3.